The van der Waals surface area contributed by atoms with Gasteiger partial charge in [-0.2, -0.15) is 18.3 Å². The van der Waals surface area contributed by atoms with Crippen LogP contribution in [0.5, 0.6) is 0 Å². The maximum Gasteiger partial charge on any atom is 0.436 e. The summed E-state index contributed by atoms with van der Waals surface area (Å²) in [5.74, 6) is -2.96. The van der Waals surface area contributed by atoms with Crippen LogP contribution < -0.4 is 5.32 Å². The van der Waals surface area contributed by atoms with Crippen molar-refractivity contribution < 1.29 is 27.9 Å². The second kappa shape index (κ2) is 5.79. The Bertz CT molecular complexity index is 615. The molecule has 0 saturated heterocycles. The molecule has 1 aromatic rings. The molecule has 6 nitrogen and oxygen atoms in total. The summed E-state index contributed by atoms with van der Waals surface area (Å²) in [5.41, 5.74) is -1.21. The zero-order valence-electron chi connectivity index (χ0n) is 11.4. The third-order valence-corrected chi connectivity index (χ3v) is 4.13. The van der Waals surface area contributed by atoms with Gasteiger partial charge < -0.3 is 10.4 Å². The van der Waals surface area contributed by atoms with E-state index in [1.54, 1.807) is 0 Å². The van der Waals surface area contributed by atoms with Gasteiger partial charge in [-0.05, 0) is 12.8 Å². The Hall–Kier alpha value is -1.77. The van der Waals surface area contributed by atoms with Crippen LogP contribution in [0, 0.1) is 11.8 Å². The van der Waals surface area contributed by atoms with Crippen molar-refractivity contribution in [2.75, 3.05) is 0 Å². The predicted molar refractivity (Wildman–Crippen MR) is 68.9 cm³/mol. The van der Waals surface area contributed by atoms with Gasteiger partial charge in [-0.15, -0.1) is 0 Å². The Morgan fingerprint density at radius 3 is 2.41 bits per heavy atom. The molecule has 1 saturated carbocycles. The molecule has 0 spiro atoms. The van der Waals surface area contributed by atoms with Gasteiger partial charge in [-0.3, -0.25) is 14.3 Å². The lowest BCUT2D eigenvalue weighted by molar-refractivity contribution is -0.152. The van der Waals surface area contributed by atoms with Gasteiger partial charge in [0.25, 0.3) is 0 Å². The standard InChI is InChI=1S/C12H13ClF3N3O3/c1-19-7(8(13)9(18-19)12(14,15)16)4-17-10(20)5-2-3-6(5)11(21)22/h5-6H,2-4H2,1H3,(H,17,20)(H,21,22)/t5-,6+/m1/s1. The second-order valence-electron chi connectivity index (χ2n) is 5.08. The van der Waals surface area contributed by atoms with Gasteiger partial charge >= 0.3 is 12.1 Å². The number of amides is 1. The topological polar surface area (TPSA) is 84.2 Å². The fourth-order valence-electron chi connectivity index (χ4n) is 2.32. The van der Waals surface area contributed by atoms with Gasteiger partial charge in [-0.1, -0.05) is 11.6 Å². The van der Waals surface area contributed by atoms with E-state index in [4.69, 9.17) is 16.7 Å². The number of nitrogens with zero attached hydrogens (tertiary/aromatic N) is 2. The van der Waals surface area contributed by atoms with Gasteiger partial charge in [0.1, 0.15) is 0 Å². The number of carboxylic acids is 1. The van der Waals surface area contributed by atoms with Crippen molar-refractivity contribution in [1.29, 1.82) is 0 Å². The normalized spacial score (nSPS) is 21.3. The average Bonchev–Trinajstić information content (AvgIpc) is 2.60. The molecular formula is C12H13ClF3N3O3. The third kappa shape index (κ3) is 3.03. The lowest BCUT2D eigenvalue weighted by Gasteiger charge is -2.31. The Morgan fingerprint density at radius 2 is 2.00 bits per heavy atom. The monoisotopic (exact) mass is 339 g/mol. The quantitative estimate of drug-likeness (QED) is 0.876. The molecule has 0 radical (unpaired) electrons. The lowest BCUT2D eigenvalue weighted by Crippen LogP contribution is -2.43. The summed E-state index contributed by atoms with van der Waals surface area (Å²) in [7, 11) is 1.28. The second-order valence-corrected chi connectivity index (χ2v) is 5.45. The first-order valence-electron chi connectivity index (χ1n) is 6.42. The molecule has 0 aromatic carbocycles. The largest absolute Gasteiger partial charge is 0.481 e. The summed E-state index contributed by atoms with van der Waals surface area (Å²) in [6.07, 6.45) is -3.83. The molecule has 1 aromatic heterocycles. The molecule has 1 aliphatic carbocycles. The van der Waals surface area contributed by atoms with Crippen molar-refractivity contribution in [3.05, 3.63) is 16.4 Å². The number of rotatable bonds is 4. The molecule has 1 fully saturated rings. The van der Waals surface area contributed by atoms with Gasteiger partial charge in [0, 0.05) is 7.05 Å². The highest BCUT2D eigenvalue weighted by Crippen LogP contribution is 2.36. The maximum atomic E-state index is 12.7. The molecule has 1 heterocycles. The lowest BCUT2D eigenvalue weighted by atomic mass is 9.73. The smallest absolute Gasteiger partial charge is 0.436 e. The average molecular weight is 340 g/mol. The zero-order chi connectivity index (χ0) is 16.7. The molecule has 0 aliphatic heterocycles. The Morgan fingerprint density at radius 1 is 1.41 bits per heavy atom. The zero-order valence-corrected chi connectivity index (χ0v) is 12.2. The van der Waals surface area contributed by atoms with E-state index in [1.807, 2.05) is 0 Å². The fourth-order valence-corrected chi connectivity index (χ4v) is 2.65. The number of hydrogen-bond acceptors (Lipinski definition) is 3. The summed E-state index contributed by atoms with van der Waals surface area (Å²) in [6, 6.07) is 0. The van der Waals surface area contributed by atoms with Crippen LogP contribution in [0.3, 0.4) is 0 Å². The van der Waals surface area contributed by atoms with Crippen molar-refractivity contribution in [3.8, 4) is 0 Å². The van der Waals surface area contributed by atoms with E-state index in [9.17, 15) is 22.8 Å². The van der Waals surface area contributed by atoms with Crippen molar-refractivity contribution >= 4 is 23.5 Å². The van der Waals surface area contributed by atoms with E-state index in [0.29, 0.717) is 12.8 Å². The Kier molecular flexibility index (Phi) is 4.37. The number of aryl methyl sites for hydroxylation is 1. The van der Waals surface area contributed by atoms with E-state index in [0.717, 1.165) is 4.68 Å². The number of carboxylic acid groups (broad SMARTS) is 1. The number of carbonyl (C=O) groups excluding carboxylic acids is 1. The maximum absolute atomic E-state index is 12.7. The number of carbonyl (C=O) groups is 2. The van der Waals surface area contributed by atoms with Crippen molar-refractivity contribution in [2.24, 2.45) is 18.9 Å². The number of halogens is 4. The van der Waals surface area contributed by atoms with Gasteiger partial charge in [0.2, 0.25) is 5.91 Å². The molecule has 2 atom stereocenters. The first kappa shape index (κ1) is 16.6. The molecule has 22 heavy (non-hydrogen) atoms. The minimum absolute atomic E-state index is 0.00791. The van der Waals surface area contributed by atoms with E-state index in [1.165, 1.54) is 7.05 Å². The van der Waals surface area contributed by atoms with Crippen molar-refractivity contribution in [2.45, 2.75) is 25.6 Å². The van der Waals surface area contributed by atoms with Crippen LogP contribution in [0.4, 0.5) is 13.2 Å². The summed E-state index contributed by atoms with van der Waals surface area (Å²) >= 11 is 5.66. The number of nitrogens with one attached hydrogen (secondary N) is 1. The molecular weight excluding hydrogens is 327 g/mol. The van der Waals surface area contributed by atoms with Crippen LogP contribution in [0.1, 0.15) is 24.2 Å². The summed E-state index contributed by atoms with van der Waals surface area (Å²) in [4.78, 5) is 22.7. The van der Waals surface area contributed by atoms with Crippen molar-refractivity contribution in [1.82, 2.24) is 15.1 Å². The first-order valence-corrected chi connectivity index (χ1v) is 6.79. The summed E-state index contributed by atoms with van der Waals surface area (Å²) in [5, 5.41) is 14.0. The van der Waals surface area contributed by atoms with Crippen LogP contribution in [0.25, 0.3) is 0 Å². The highest BCUT2D eigenvalue weighted by molar-refractivity contribution is 6.32. The number of alkyl halides is 3. The molecule has 1 amide bonds. The third-order valence-electron chi connectivity index (χ3n) is 3.73. The van der Waals surface area contributed by atoms with E-state index >= 15 is 0 Å². The molecule has 2 rings (SSSR count). The predicted octanol–water partition coefficient (Wildman–Crippen LogP) is 1.82. The van der Waals surface area contributed by atoms with Gasteiger partial charge in [-0.25, -0.2) is 0 Å². The summed E-state index contributed by atoms with van der Waals surface area (Å²) in [6.45, 7) is -0.250. The number of hydrogen-bond donors (Lipinski definition) is 2. The first-order chi connectivity index (χ1) is 10.1. The van der Waals surface area contributed by atoms with E-state index < -0.39 is 40.6 Å². The molecule has 10 heteroatoms. The molecule has 2 N–H and O–H groups in total. The molecule has 0 unspecified atom stereocenters. The Balaban J connectivity index is 2.05. The van der Waals surface area contributed by atoms with Gasteiger partial charge in [0.05, 0.1) is 29.1 Å². The van der Waals surface area contributed by atoms with Crippen LogP contribution in [-0.4, -0.2) is 26.8 Å². The van der Waals surface area contributed by atoms with Crippen LogP contribution in [0.2, 0.25) is 5.02 Å². The number of aromatic nitrogens is 2. The van der Waals surface area contributed by atoms with E-state index in [2.05, 4.69) is 10.4 Å². The van der Waals surface area contributed by atoms with E-state index in [-0.39, 0.29) is 12.2 Å². The minimum Gasteiger partial charge on any atom is -0.481 e. The Labute approximate surface area is 128 Å². The highest BCUT2D eigenvalue weighted by atomic mass is 35.5. The molecule has 122 valence electrons. The van der Waals surface area contributed by atoms with Gasteiger partial charge in [0.15, 0.2) is 5.69 Å². The fraction of sp³-hybridized carbons (Fsp3) is 0.583. The van der Waals surface area contributed by atoms with Crippen LogP contribution in [0.15, 0.2) is 0 Å². The summed E-state index contributed by atoms with van der Waals surface area (Å²) < 4.78 is 38.9. The van der Waals surface area contributed by atoms with Crippen LogP contribution >= 0.6 is 11.6 Å². The molecule has 0 bridgehead atoms. The molecule has 1 aliphatic rings. The van der Waals surface area contributed by atoms with Crippen molar-refractivity contribution in [3.63, 3.8) is 0 Å². The van der Waals surface area contributed by atoms with Crippen LogP contribution in [-0.2, 0) is 29.4 Å². The minimum atomic E-state index is -4.68. The highest BCUT2D eigenvalue weighted by Gasteiger charge is 2.42. The SMILES string of the molecule is Cn1nc(C(F)(F)F)c(Cl)c1CNC(=O)[C@@H]1CC[C@@H]1C(=O)O. The number of aliphatic carboxylic acids is 1.